The average molecular weight is 603 g/mol. The van der Waals surface area contributed by atoms with Gasteiger partial charge in [-0.25, -0.2) is 15.5 Å². The molecule has 16 heteroatoms. The van der Waals surface area contributed by atoms with E-state index in [1.165, 1.54) is 6.21 Å². The topological polar surface area (TPSA) is 231 Å². The molecule has 2 heterocycles. The molecule has 2 aromatic rings. The van der Waals surface area contributed by atoms with Gasteiger partial charge in [-0.05, 0) is 40.0 Å². The predicted molar refractivity (Wildman–Crippen MR) is 150 cm³/mol. The van der Waals surface area contributed by atoms with Gasteiger partial charge in [0.1, 0.15) is 12.0 Å². The molecule has 0 amide bonds. The number of carbonyl (C=O) groups excluding carboxylic acids is 3. The Kier molecular flexibility index (Phi) is 57.8. The first-order valence-corrected chi connectivity index (χ1v) is 11.8. The zero-order valence-corrected chi connectivity index (χ0v) is 26.0. The largest absolute Gasteiger partial charge is 1.00 e. The van der Waals surface area contributed by atoms with Gasteiger partial charge in [-0.1, -0.05) is 38.0 Å². The quantitative estimate of drug-likeness (QED) is 0.0591. The zero-order chi connectivity index (χ0) is 30.2. The normalized spacial score (nSPS) is 7.90. The molecule has 0 atom stereocenters. The number of terminal acetylenes is 1. The van der Waals surface area contributed by atoms with E-state index in [0.29, 0.717) is 19.6 Å². The number of halogens is 1. The number of ether oxygens (including phenoxy) is 2. The summed E-state index contributed by atoms with van der Waals surface area (Å²) in [7, 11) is 0. The Morgan fingerprint density at radius 3 is 1.68 bits per heavy atom. The van der Waals surface area contributed by atoms with Crippen LogP contribution in [0, 0.1) is 19.3 Å². The Morgan fingerprint density at radius 2 is 1.46 bits per heavy atom. The SMILES string of the molecule is C#CC(=O)OCC.CCC=NO.CCC=O.CCOC(=O)c1cc(CC)no1.CCc1cc(C)on1.Cl.NO.[Li+].[OH-]. The molecule has 232 valence electrons. The van der Waals surface area contributed by atoms with Crippen LogP contribution in [0.1, 0.15) is 82.1 Å². The summed E-state index contributed by atoms with van der Waals surface area (Å²) in [6, 6.07) is 3.54. The van der Waals surface area contributed by atoms with Gasteiger partial charge in [0, 0.05) is 30.7 Å². The summed E-state index contributed by atoms with van der Waals surface area (Å²) in [6.45, 7) is 13.7. The fraction of sp³-hybridized carbons (Fsp3) is 0.520. The van der Waals surface area contributed by atoms with E-state index < -0.39 is 11.9 Å². The van der Waals surface area contributed by atoms with Crippen molar-refractivity contribution in [1.82, 2.24) is 10.3 Å². The van der Waals surface area contributed by atoms with Crippen LogP contribution < -0.4 is 24.8 Å². The van der Waals surface area contributed by atoms with Crippen LogP contribution in [0.15, 0.2) is 26.3 Å². The smallest absolute Gasteiger partial charge is 0.870 e. The van der Waals surface area contributed by atoms with Crippen molar-refractivity contribution in [3.8, 4) is 12.3 Å². The van der Waals surface area contributed by atoms with Gasteiger partial charge in [-0.2, -0.15) is 0 Å². The number of hydrogen-bond acceptors (Lipinski definition) is 14. The average Bonchev–Trinajstić information content (AvgIpc) is 3.61. The van der Waals surface area contributed by atoms with Crippen molar-refractivity contribution < 1.29 is 67.7 Å². The number of oxime groups is 1. The van der Waals surface area contributed by atoms with Crippen LogP contribution >= 0.6 is 12.4 Å². The fourth-order valence-corrected chi connectivity index (χ4v) is 1.62. The first-order chi connectivity index (χ1) is 18.2. The third-order valence-electron chi connectivity index (χ3n) is 3.26. The van der Waals surface area contributed by atoms with Crippen LogP contribution in [0.5, 0.6) is 0 Å². The number of nitrogens with zero attached hydrogens (tertiary/aromatic N) is 3. The summed E-state index contributed by atoms with van der Waals surface area (Å²) in [5.74, 6) is 5.32. The van der Waals surface area contributed by atoms with E-state index in [1.807, 2.05) is 33.8 Å². The number of aryl methyl sites for hydroxylation is 3. The minimum atomic E-state index is -0.595. The number of esters is 2. The maximum atomic E-state index is 11.0. The molecule has 14 nitrogen and oxygen atoms in total. The minimum absolute atomic E-state index is 0. The number of aldehydes is 1. The van der Waals surface area contributed by atoms with Gasteiger partial charge in [0.15, 0.2) is 0 Å². The van der Waals surface area contributed by atoms with Crippen molar-refractivity contribution >= 4 is 36.8 Å². The Bertz CT molecular complexity index is 903. The van der Waals surface area contributed by atoms with E-state index in [0.717, 1.165) is 42.7 Å². The third-order valence-corrected chi connectivity index (χ3v) is 3.26. The molecule has 2 aromatic heterocycles. The monoisotopic (exact) mass is 602 g/mol. The molecule has 0 aromatic carbocycles. The molecule has 0 radical (unpaired) electrons. The molecule has 0 aliphatic rings. The van der Waals surface area contributed by atoms with Gasteiger partial charge < -0.3 is 39.2 Å². The van der Waals surface area contributed by atoms with Gasteiger partial charge in [0.25, 0.3) is 0 Å². The van der Waals surface area contributed by atoms with Crippen molar-refractivity contribution in [3.05, 3.63) is 35.0 Å². The van der Waals surface area contributed by atoms with E-state index in [-0.39, 0.29) is 42.5 Å². The summed E-state index contributed by atoms with van der Waals surface area (Å²) in [6.07, 6.45) is 10.1. The molecular weight excluding hydrogens is 559 g/mol. The van der Waals surface area contributed by atoms with Gasteiger partial charge in [-0.3, -0.25) is 0 Å². The summed E-state index contributed by atoms with van der Waals surface area (Å²) < 4.78 is 18.6. The Balaban J connectivity index is -0.0000000714. The van der Waals surface area contributed by atoms with Crippen molar-refractivity contribution in [3.63, 3.8) is 0 Å². The van der Waals surface area contributed by atoms with Crippen molar-refractivity contribution in [2.24, 2.45) is 11.1 Å². The van der Waals surface area contributed by atoms with Gasteiger partial charge in [0.2, 0.25) is 5.76 Å². The minimum Gasteiger partial charge on any atom is -0.870 e. The second-order valence-electron chi connectivity index (χ2n) is 6.18. The van der Waals surface area contributed by atoms with E-state index >= 15 is 0 Å². The molecule has 2 rings (SSSR count). The second-order valence-corrected chi connectivity index (χ2v) is 6.18. The molecule has 0 bridgehead atoms. The molecule has 0 aliphatic carbocycles. The molecule has 0 unspecified atom stereocenters. The first-order valence-electron chi connectivity index (χ1n) is 11.8. The maximum Gasteiger partial charge on any atom is 1.00 e. The van der Waals surface area contributed by atoms with Crippen LogP contribution in [-0.4, -0.2) is 63.9 Å². The number of aromatic nitrogens is 2. The van der Waals surface area contributed by atoms with Gasteiger partial charge in [0.05, 0.1) is 24.6 Å². The van der Waals surface area contributed by atoms with Gasteiger partial charge in [-0.15, -0.1) is 24.0 Å². The summed E-state index contributed by atoms with van der Waals surface area (Å²) >= 11 is 0. The first kappa shape index (κ1) is 54.0. The van der Waals surface area contributed by atoms with Crippen LogP contribution in [0.3, 0.4) is 0 Å². The van der Waals surface area contributed by atoms with Crippen molar-refractivity contribution in [2.45, 2.75) is 74.1 Å². The molecule has 0 saturated heterocycles. The number of hydrogen-bond donors (Lipinski definition) is 3. The number of nitrogens with two attached hydrogens (primary N) is 1. The van der Waals surface area contributed by atoms with Crippen LogP contribution in [0.4, 0.5) is 0 Å². The van der Waals surface area contributed by atoms with Crippen LogP contribution in [-0.2, 0) is 31.9 Å². The van der Waals surface area contributed by atoms with Gasteiger partial charge >= 0.3 is 30.8 Å². The van der Waals surface area contributed by atoms with Crippen molar-refractivity contribution in [2.75, 3.05) is 13.2 Å². The van der Waals surface area contributed by atoms with Crippen LogP contribution in [0.25, 0.3) is 0 Å². The number of carbonyl (C=O) groups is 3. The van der Waals surface area contributed by atoms with E-state index in [4.69, 9.17) is 24.2 Å². The molecule has 5 N–H and O–H groups in total. The molecule has 0 aliphatic heterocycles. The Morgan fingerprint density at radius 1 is 1.00 bits per heavy atom. The zero-order valence-electron chi connectivity index (χ0n) is 25.2. The second kappa shape index (κ2) is 43.9. The predicted octanol–water partition coefficient (Wildman–Crippen LogP) is 1.18. The molecule has 0 spiro atoms. The Hall–Kier alpha value is -3.17. The molecule has 0 saturated carbocycles. The van der Waals surface area contributed by atoms with E-state index in [2.05, 4.69) is 39.4 Å². The maximum absolute atomic E-state index is 11.0. The summed E-state index contributed by atoms with van der Waals surface area (Å²) in [5, 5.41) is 24.3. The fourth-order valence-electron chi connectivity index (χ4n) is 1.62. The number of rotatable bonds is 7. The standard InChI is InChI=1S/C8H11NO3.C6H9NO.C5H6O2.C3H7NO.C3H6O.ClH.Li.H3NO.H2O/c1-3-6-5-7(12-9-6)8(10)11-4-2;1-3-6-4-5(2)8-7-6;1-3-5(6)7-4-2;1-2-3-4-5;1-2-3-4;;;1-2;/h5H,3-4H2,1-2H3;4H,3H2,1-2H3;1H,4H2,2H3;3,5H,2H2,1H3;3H,2H2,1H3;1H;;2H,1H2;1H2/q;;;;;;+1;;/p-1. The van der Waals surface area contributed by atoms with E-state index in [1.54, 1.807) is 25.8 Å². The third kappa shape index (κ3) is 39.0. The summed E-state index contributed by atoms with van der Waals surface area (Å²) in [5.41, 5.74) is 1.79. The van der Waals surface area contributed by atoms with Crippen molar-refractivity contribution in [1.29, 1.82) is 0 Å². The molecule has 0 fully saturated rings. The Labute approximate surface area is 260 Å². The molecular formula is C25H44ClLiN4O10. The van der Waals surface area contributed by atoms with Crippen LogP contribution in [0.2, 0.25) is 0 Å². The van der Waals surface area contributed by atoms with E-state index in [9.17, 15) is 14.4 Å². The summed E-state index contributed by atoms with van der Waals surface area (Å²) in [4.78, 5) is 30.1. The molecule has 41 heavy (non-hydrogen) atoms.